The minimum Gasteiger partial charge on any atom is -0.492 e. The van der Waals surface area contributed by atoms with Gasteiger partial charge in [-0.3, -0.25) is 9.69 Å². The summed E-state index contributed by atoms with van der Waals surface area (Å²) in [6.45, 7) is 3.64. The van der Waals surface area contributed by atoms with E-state index in [1.807, 2.05) is 25.1 Å². The van der Waals surface area contributed by atoms with Crippen molar-refractivity contribution in [2.75, 3.05) is 20.2 Å². The highest BCUT2D eigenvalue weighted by molar-refractivity contribution is 5.95. The van der Waals surface area contributed by atoms with Crippen molar-refractivity contribution in [1.82, 2.24) is 4.90 Å². The molecule has 0 aromatic heterocycles. The van der Waals surface area contributed by atoms with Crippen LogP contribution in [0.4, 0.5) is 4.39 Å². The number of likely N-dealkylation sites (N-methyl/N-ethyl adjacent to an activating group) is 1. The molecule has 2 fully saturated rings. The van der Waals surface area contributed by atoms with Crippen molar-refractivity contribution >= 4 is 16.7 Å². The molecule has 4 nitrogen and oxygen atoms in total. The Balaban J connectivity index is 1.59. The lowest BCUT2D eigenvalue weighted by Gasteiger charge is -2.37. The Kier molecular flexibility index (Phi) is 4.74. The molecule has 1 heterocycles. The van der Waals surface area contributed by atoms with Gasteiger partial charge in [0.05, 0.1) is 0 Å². The van der Waals surface area contributed by atoms with Crippen LogP contribution in [0.15, 0.2) is 48.5 Å². The molecule has 1 atom stereocenters. The Labute approximate surface area is 181 Å². The molecule has 1 amide bonds. The van der Waals surface area contributed by atoms with Gasteiger partial charge in [-0.25, -0.2) is 4.39 Å². The SMILES string of the molecule is Cc1c(C(N)=O)cc(OCC2CCN2C)cc1C1(c2cccc3cc(F)ccc23)CC1. The quantitative estimate of drug-likeness (QED) is 0.639. The van der Waals surface area contributed by atoms with Crippen LogP contribution in [0.25, 0.3) is 10.8 Å². The number of benzene rings is 3. The van der Waals surface area contributed by atoms with Gasteiger partial charge in [0.25, 0.3) is 0 Å². The van der Waals surface area contributed by atoms with Crippen LogP contribution in [-0.2, 0) is 5.41 Å². The summed E-state index contributed by atoms with van der Waals surface area (Å²) in [6, 6.07) is 15.2. The number of hydrogen-bond donors (Lipinski definition) is 1. The molecule has 0 spiro atoms. The topological polar surface area (TPSA) is 55.6 Å². The maximum atomic E-state index is 13.8. The second kappa shape index (κ2) is 7.34. The van der Waals surface area contributed by atoms with E-state index >= 15 is 0 Å². The van der Waals surface area contributed by atoms with Gasteiger partial charge in [-0.05, 0) is 91.5 Å². The van der Waals surface area contributed by atoms with Crippen molar-refractivity contribution in [3.05, 3.63) is 76.6 Å². The Bertz CT molecular complexity index is 1190. The van der Waals surface area contributed by atoms with Gasteiger partial charge in [-0.2, -0.15) is 0 Å². The normalized spacial score (nSPS) is 19.8. The summed E-state index contributed by atoms with van der Waals surface area (Å²) in [5, 5.41) is 1.93. The first-order chi connectivity index (χ1) is 14.9. The fourth-order valence-corrected chi connectivity index (χ4v) is 4.98. The van der Waals surface area contributed by atoms with Crippen molar-refractivity contribution in [2.45, 2.75) is 37.6 Å². The lowest BCUT2D eigenvalue weighted by molar-refractivity contribution is 0.0767. The van der Waals surface area contributed by atoms with E-state index in [0.29, 0.717) is 24.0 Å². The van der Waals surface area contributed by atoms with Crippen LogP contribution in [-0.4, -0.2) is 37.0 Å². The van der Waals surface area contributed by atoms with E-state index in [1.165, 1.54) is 11.6 Å². The third-order valence-corrected chi connectivity index (χ3v) is 7.15. The number of carbonyl (C=O) groups excluding carboxylic acids is 1. The minimum absolute atomic E-state index is 0.210. The molecule has 0 radical (unpaired) electrons. The average Bonchev–Trinajstić information content (AvgIpc) is 3.54. The zero-order chi connectivity index (χ0) is 21.8. The van der Waals surface area contributed by atoms with Crippen LogP contribution in [0.1, 0.15) is 46.3 Å². The van der Waals surface area contributed by atoms with E-state index in [1.54, 1.807) is 12.1 Å². The van der Waals surface area contributed by atoms with E-state index < -0.39 is 5.91 Å². The first-order valence-corrected chi connectivity index (χ1v) is 10.9. The summed E-state index contributed by atoms with van der Waals surface area (Å²) < 4.78 is 19.9. The summed E-state index contributed by atoms with van der Waals surface area (Å²) in [7, 11) is 2.09. The number of rotatable bonds is 6. The van der Waals surface area contributed by atoms with E-state index in [0.717, 1.165) is 47.7 Å². The molecule has 1 saturated heterocycles. The second-order valence-electron chi connectivity index (χ2n) is 8.99. The molecular formula is C26H27FN2O2. The summed E-state index contributed by atoms with van der Waals surface area (Å²) >= 11 is 0. The molecule has 2 aliphatic rings. The fraction of sp³-hybridized carbons (Fsp3) is 0.346. The van der Waals surface area contributed by atoms with Crippen molar-refractivity contribution in [1.29, 1.82) is 0 Å². The van der Waals surface area contributed by atoms with Crippen LogP contribution >= 0.6 is 0 Å². The number of halogens is 1. The minimum atomic E-state index is -0.444. The number of ether oxygens (including phenoxy) is 1. The Morgan fingerprint density at radius 1 is 1.19 bits per heavy atom. The van der Waals surface area contributed by atoms with E-state index in [4.69, 9.17) is 10.5 Å². The number of nitrogens with two attached hydrogens (primary N) is 1. The highest BCUT2D eigenvalue weighted by Gasteiger charge is 2.48. The largest absolute Gasteiger partial charge is 0.492 e. The zero-order valence-electron chi connectivity index (χ0n) is 18.0. The molecule has 1 saturated carbocycles. The number of amides is 1. The predicted octanol–water partition coefficient (Wildman–Crippen LogP) is 4.55. The second-order valence-corrected chi connectivity index (χ2v) is 8.99. The summed E-state index contributed by atoms with van der Waals surface area (Å²) in [4.78, 5) is 14.5. The van der Waals surface area contributed by atoms with Crippen LogP contribution in [0.3, 0.4) is 0 Å². The maximum Gasteiger partial charge on any atom is 0.249 e. The van der Waals surface area contributed by atoms with E-state index in [9.17, 15) is 9.18 Å². The lowest BCUT2D eigenvalue weighted by Crippen LogP contribution is -2.48. The highest BCUT2D eigenvalue weighted by atomic mass is 19.1. The molecule has 2 N–H and O–H groups in total. The number of carbonyl (C=O) groups is 1. The van der Waals surface area contributed by atoms with Crippen molar-refractivity contribution in [3.8, 4) is 5.75 Å². The van der Waals surface area contributed by atoms with Gasteiger partial charge in [0, 0.05) is 17.0 Å². The third-order valence-electron chi connectivity index (χ3n) is 7.15. The van der Waals surface area contributed by atoms with Crippen LogP contribution in [0.5, 0.6) is 5.75 Å². The molecule has 3 aromatic rings. The first kappa shape index (κ1) is 20.0. The lowest BCUT2D eigenvalue weighted by atomic mass is 9.81. The molecule has 1 unspecified atom stereocenters. The van der Waals surface area contributed by atoms with Crippen LogP contribution < -0.4 is 10.5 Å². The first-order valence-electron chi connectivity index (χ1n) is 10.9. The Hall–Kier alpha value is -2.92. The van der Waals surface area contributed by atoms with Crippen LogP contribution in [0.2, 0.25) is 0 Å². The predicted molar refractivity (Wildman–Crippen MR) is 120 cm³/mol. The van der Waals surface area contributed by atoms with Crippen molar-refractivity contribution < 1.29 is 13.9 Å². The fourth-order valence-electron chi connectivity index (χ4n) is 4.98. The molecule has 1 aliphatic carbocycles. The molecule has 5 heteroatoms. The monoisotopic (exact) mass is 418 g/mol. The number of nitrogens with zero attached hydrogens (tertiary/aromatic N) is 1. The molecule has 0 bridgehead atoms. The van der Waals surface area contributed by atoms with Crippen molar-refractivity contribution in [3.63, 3.8) is 0 Å². The van der Waals surface area contributed by atoms with Crippen molar-refractivity contribution in [2.24, 2.45) is 5.73 Å². The Morgan fingerprint density at radius 2 is 2.00 bits per heavy atom. The standard InChI is InChI=1S/C26H27FN2O2/c1-16-22(25(28)30)13-20(31-15-19-8-11-29(19)2)14-24(16)26(9-10-26)23-5-3-4-17-12-18(27)6-7-21(17)23/h3-7,12-14,19H,8-11,15H2,1-2H3,(H2,28,30). The number of likely N-dealkylation sites (tertiary alicyclic amines) is 1. The average molecular weight is 419 g/mol. The number of primary amides is 1. The van der Waals surface area contributed by atoms with Gasteiger partial charge in [-0.15, -0.1) is 0 Å². The molecule has 5 rings (SSSR count). The smallest absolute Gasteiger partial charge is 0.249 e. The van der Waals surface area contributed by atoms with Gasteiger partial charge < -0.3 is 10.5 Å². The molecule has 3 aromatic carbocycles. The summed E-state index contributed by atoms with van der Waals surface area (Å²) in [6.07, 6.45) is 3.06. The Morgan fingerprint density at radius 3 is 2.65 bits per heavy atom. The van der Waals surface area contributed by atoms with Gasteiger partial charge in [0.15, 0.2) is 0 Å². The molecular weight excluding hydrogens is 391 g/mol. The van der Waals surface area contributed by atoms with Gasteiger partial charge >= 0.3 is 0 Å². The van der Waals surface area contributed by atoms with Gasteiger partial charge in [0.2, 0.25) is 5.91 Å². The van der Waals surface area contributed by atoms with E-state index in [-0.39, 0.29) is 11.2 Å². The molecule has 31 heavy (non-hydrogen) atoms. The van der Waals surface area contributed by atoms with Gasteiger partial charge in [-0.1, -0.05) is 24.3 Å². The molecule has 1 aliphatic heterocycles. The zero-order valence-corrected chi connectivity index (χ0v) is 18.0. The van der Waals surface area contributed by atoms with E-state index in [2.05, 4.69) is 24.1 Å². The third kappa shape index (κ3) is 3.37. The van der Waals surface area contributed by atoms with Crippen LogP contribution in [0, 0.1) is 12.7 Å². The number of hydrogen-bond acceptors (Lipinski definition) is 3. The number of fused-ring (bicyclic) bond motifs is 1. The maximum absolute atomic E-state index is 13.8. The summed E-state index contributed by atoms with van der Waals surface area (Å²) in [5.74, 6) is 0.00561. The highest BCUT2D eigenvalue weighted by Crippen LogP contribution is 2.56. The van der Waals surface area contributed by atoms with Gasteiger partial charge in [0.1, 0.15) is 18.2 Å². The summed E-state index contributed by atoms with van der Waals surface area (Å²) in [5.41, 5.74) is 9.18. The molecule has 160 valence electrons.